The summed E-state index contributed by atoms with van der Waals surface area (Å²) in [7, 11) is 0. The summed E-state index contributed by atoms with van der Waals surface area (Å²) >= 11 is 0. The third-order valence-electron chi connectivity index (χ3n) is 3.23. The summed E-state index contributed by atoms with van der Waals surface area (Å²) in [5, 5.41) is 3.54. The Labute approximate surface area is 110 Å². The Morgan fingerprint density at radius 2 is 2.12 bits per heavy atom. The van der Waals surface area contributed by atoms with E-state index in [0.717, 1.165) is 18.8 Å². The van der Waals surface area contributed by atoms with Gasteiger partial charge in [-0.15, -0.1) is 12.4 Å². The highest BCUT2D eigenvalue weighted by Gasteiger charge is 2.12. The molecule has 0 radical (unpaired) electrons. The predicted molar refractivity (Wildman–Crippen MR) is 74.2 cm³/mol. The molecule has 1 unspecified atom stereocenters. The van der Waals surface area contributed by atoms with Gasteiger partial charge in [-0.1, -0.05) is 24.6 Å². The van der Waals surface area contributed by atoms with Crippen molar-refractivity contribution in [3.05, 3.63) is 29.8 Å². The van der Waals surface area contributed by atoms with Crippen LogP contribution in [0.3, 0.4) is 0 Å². The molecule has 1 aromatic carbocycles. The van der Waals surface area contributed by atoms with Crippen molar-refractivity contribution in [1.82, 2.24) is 5.32 Å². The van der Waals surface area contributed by atoms with Gasteiger partial charge in [0, 0.05) is 6.04 Å². The highest BCUT2D eigenvalue weighted by molar-refractivity contribution is 5.85. The number of hydrogen-bond donors (Lipinski definition) is 1. The number of ether oxygens (including phenoxy) is 1. The minimum Gasteiger partial charge on any atom is -0.493 e. The monoisotopic (exact) mass is 255 g/mol. The molecule has 1 N–H and O–H groups in total. The first-order chi connectivity index (χ1) is 7.86. The summed E-state index contributed by atoms with van der Waals surface area (Å²) < 4.78 is 5.80. The van der Waals surface area contributed by atoms with E-state index in [1.807, 2.05) is 18.2 Å². The molecule has 1 fully saturated rings. The minimum absolute atomic E-state index is 0. The van der Waals surface area contributed by atoms with Gasteiger partial charge in [-0.2, -0.15) is 0 Å². The number of hydrogen-bond acceptors (Lipinski definition) is 2. The zero-order valence-corrected chi connectivity index (χ0v) is 11.3. The van der Waals surface area contributed by atoms with Gasteiger partial charge >= 0.3 is 0 Å². The van der Waals surface area contributed by atoms with Crippen molar-refractivity contribution in [3.8, 4) is 5.75 Å². The van der Waals surface area contributed by atoms with Crippen LogP contribution in [0.4, 0.5) is 0 Å². The lowest BCUT2D eigenvalue weighted by atomic mass is 10.0. The number of nitrogens with one attached hydrogen (secondary N) is 1. The maximum Gasteiger partial charge on any atom is 0.122 e. The van der Waals surface area contributed by atoms with E-state index >= 15 is 0 Å². The van der Waals surface area contributed by atoms with Gasteiger partial charge in [0.2, 0.25) is 0 Å². The molecular formula is C14H22ClNO. The summed E-state index contributed by atoms with van der Waals surface area (Å²) in [5.74, 6) is 1.03. The van der Waals surface area contributed by atoms with Crippen LogP contribution in [0.5, 0.6) is 5.75 Å². The molecule has 3 heteroatoms. The number of benzene rings is 1. The molecule has 17 heavy (non-hydrogen) atoms. The second kappa shape index (κ2) is 7.57. The van der Waals surface area contributed by atoms with Crippen LogP contribution < -0.4 is 10.1 Å². The summed E-state index contributed by atoms with van der Waals surface area (Å²) in [6.07, 6.45) is 5.11. The van der Waals surface area contributed by atoms with Gasteiger partial charge in [-0.05, 0) is 44.4 Å². The van der Waals surface area contributed by atoms with Crippen molar-refractivity contribution in [3.63, 3.8) is 0 Å². The molecule has 2 nitrogen and oxygen atoms in total. The normalized spacial score (nSPS) is 19.5. The lowest BCUT2D eigenvalue weighted by molar-refractivity contribution is 0.267. The Morgan fingerprint density at radius 3 is 2.82 bits per heavy atom. The number of rotatable bonds is 4. The van der Waals surface area contributed by atoms with Crippen LogP contribution in [-0.2, 0) is 0 Å². The molecule has 0 aliphatic carbocycles. The van der Waals surface area contributed by atoms with Crippen LogP contribution in [0, 0.1) is 6.92 Å². The average molecular weight is 256 g/mol. The summed E-state index contributed by atoms with van der Waals surface area (Å²) in [6.45, 7) is 4.09. The van der Waals surface area contributed by atoms with Crippen LogP contribution in [0.25, 0.3) is 0 Å². The number of aryl methyl sites for hydroxylation is 1. The second-order valence-corrected chi connectivity index (χ2v) is 4.55. The van der Waals surface area contributed by atoms with Crippen LogP contribution >= 0.6 is 12.4 Å². The molecule has 0 saturated carbocycles. The Kier molecular flexibility index (Phi) is 6.38. The first-order valence-electron chi connectivity index (χ1n) is 6.28. The lowest BCUT2D eigenvalue weighted by Gasteiger charge is -2.23. The largest absolute Gasteiger partial charge is 0.493 e. The van der Waals surface area contributed by atoms with Crippen molar-refractivity contribution in [2.45, 2.75) is 38.6 Å². The van der Waals surface area contributed by atoms with Crippen molar-refractivity contribution < 1.29 is 4.74 Å². The van der Waals surface area contributed by atoms with Crippen LogP contribution in [0.1, 0.15) is 31.2 Å². The molecule has 0 spiro atoms. The Bertz CT molecular complexity index is 324. The zero-order chi connectivity index (χ0) is 11.2. The number of para-hydroxylation sites is 1. The van der Waals surface area contributed by atoms with E-state index in [1.54, 1.807) is 0 Å². The molecule has 0 amide bonds. The smallest absolute Gasteiger partial charge is 0.122 e. The Balaban J connectivity index is 0.00000144. The van der Waals surface area contributed by atoms with Crippen molar-refractivity contribution >= 4 is 12.4 Å². The van der Waals surface area contributed by atoms with Gasteiger partial charge < -0.3 is 10.1 Å². The topological polar surface area (TPSA) is 21.3 Å². The highest BCUT2D eigenvalue weighted by Crippen LogP contribution is 2.17. The van der Waals surface area contributed by atoms with Gasteiger partial charge in [0.05, 0.1) is 6.61 Å². The summed E-state index contributed by atoms with van der Waals surface area (Å²) in [4.78, 5) is 0. The zero-order valence-electron chi connectivity index (χ0n) is 10.4. The standard InChI is InChI=1S/C14H21NO.ClH/c1-12-6-2-3-8-14(12)16-11-9-13-7-4-5-10-15-13;/h2-3,6,8,13,15H,4-5,7,9-11H2,1H3;1H. The van der Waals surface area contributed by atoms with Gasteiger partial charge in [0.25, 0.3) is 0 Å². The van der Waals surface area contributed by atoms with Gasteiger partial charge in [-0.3, -0.25) is 0 Å². The molecule has 1 heterocycles. The van der Waals surface area contributed by atoms with Crippen LogP contribution in [-0.4, -0.2) is 19.2 Å². The SMILES string of the molecule is Cc1ccccc1OCCC1CCCCN1.Cl. The summed E-state index contributed by atoms with van der Waals surface area (Å²) in [6, 6.07) is 8.88. The fraction of sp³-hybridized carbons (Fsp3) is 0.571. The third-order valence-corrected chi connectivity index (χ3v) is 3.23. The Hall–Kier alpha value is -0.730. The van der Waals surface area contributed by atoms with E-state index in [9.17, 15) is 0 Å². The molecule has 1 saturated heterocycles. The molecule has 1 aliphatic heterocycles. The molecule has 0 aromatic heterocycles. The van der Waals surface area contributed by atoms with E-state index < -0.39 is 0 Å². The summed E-state index contributed by atoms with van der Waals surface area (Å²) in [5.41, 5.74) is 1.22. The fourth-order valence-electron chi connectivity index (χ4n) is 2.20. The van der Waals surface area contributed by atoms with E-state index in [4.69, 9.17) is 4.74 Å². The van der Waals surface area contributed by atoms with E-state index in [-0.39, 0.29) is 12.4 Å². The Morgan fingerprint density at radius 1 is 1.29 bits per heavy atom. The van der Waals surface area contributed by atoms with Crippen LogP contribution in [0.2, 0.25) is 0 Å². The number of piperidine rings is 1. The quantitative estimate of drug-likeness (QED) is 0.891. The van der Waals surface area contributed by atoms with E-state index in [1.165, 1.54) is 31.4 Å². The molecule has 1 aromatic rings. The minimum atomic E-state index is 0. The van der Waals surface area contributed by atoms with E-state index in [2.05, 4.69) is 18.3 Å². The van der Waals surface area contributed by atoms with E-state index in [0.29, 0.717) is 6.04 Å². The molecule has 2 rings (SSSR count). The van der Waals surface area contributed by atoms with Crippen LogP contribution in [0.15, 0.2) is 24.3 Å². The van der Waals surface area contributed by atoms with Gasteiger partial charge in [-0.25, -0.2) is 0 Å². The molecule has 1 atom stereocenters. The predicted octanol–water partition coefficient (Wildman–Crippen LogP) is 3.33. The van der Waals surface area contributed by atoms with Crippen molar-refractivity contribution in [2.24, 2.45) is 0 Å². The molecule has 0 bridgehead atoms. The maximum atomic E-state index is 5.80. The van der Waals surface area contributed by atoms with Crippen molar-refractivity contribution in [2.75, 3.05) is 13.2 Å². The fourth-order valence-corrected chi connectivity index (χ4v) is 2.20. The third kappa shape index (κ3) is 4.57. The molecule has 96 valence electrons. The number of halogens is 1. The van der Waals surface area contributed by atoms with Crippen molar-refractivity contribution in [1.29, 1.82) is 0 Å². The maximum absolute atomic E-state index is 5.80. The highest BCUT2D eigenvalue weighted by atomic mass is 35.5. The molecule has 1 aliphatic rings. The van der Waals surface area contributed by atoms with Gasteiger partial charge in [0.15, 0.2) is 0 Å². The second-order valence-electron chi connectivity index (χ2n) is 4.55. The lowest BCUT2D eigenvalue weighted by Crippen LogP contribution is -2.35. The first-order valence-corrected chi connectivity index (χ1v) is 6.28. The van der Waals surface area contributed by atoms with Gasteiger partial charge in [0.1, 0.15) is 5.75 Å². The first kappa shape index (κ1) is 14.3. The average Bonchev–Trinajstić information content (AvgIpc) is 2.33. The molecular weight excluding hydrogens is 234 g/mol.